The summed E-state index contributed by atoms with van der Waals surface area (Å²) in [6.07, 6.45) is 9.08. The van der Waals surface area contributed by atoms with E-state index in [-0.39, 0.29) is 5.78 Å². The second-order valence-corrected chi connectivity index (χ2v) is 6.72. The fourth-order valence-corrected chi connectivity index (χ4v) is 2.88. The van der Waals surface area contributed by atoms with E-state index in [0.717, 1.165) is 13.0 Å². The average molecular weight is 382 g/mol. The highest BCUT2D eigenvalue weighted by atomic mass is 16.6. The fraction of sp³-hybridized carbons (Fsp3) is 0.375. The zero-order valence-electron chi connectivity index (χ0n) is 16.8. The van der Waals surface area contributed by atoms with E-state index in [0.29, 0.717) is 29.2 Å². The lowest BCUT2D eigenvalue weighted by Crippen LogP contribution is -2.19. The number of carbonyl (C=O) groups excluding carboxylic acids is 1. The molecule has 0 unspecified atom stereocenters. The van der Waals surface area contributed by atoms with Gasteiger partial charge in [0.05, 0.1) is 5.56 Å². The Kier molecular flexibility index (Phi) is 9.87. The summed E-state index contributed by atoms with van der Waals surface area (Å²) in [4.78, 5) is 18.4. The highest BCUT2D eigenvalue weighted by Gasteiger charge is 2.15. The SMILES string of the molecule is C=CCOc1cc(ONCCCCCCCC)ccc1C(=O)c1ccccc1. The number of benzene rings is 2. The van der Waals surface area contributed by atoms with Gasteiger partial charge in [-0.1, -0.05) is 82.0 Å². The van der Waals surface area contributed by atoms with Crippen LogP contribution in [0, 0.1) is 0 Å². The van der Waals surface area contributed by atoms with Crippen molar-refractivity contribution >= 4 is 5.78 Å². The third kappa shape index (κ3) is 7.20. The summed E-state index contributed by atoms with van der Waals surface area (Å²) in [5.74, 6) is 1.04. The summed E-state index contributed by atoms with van der Waals surface area (Å²) in [5.41, 5.74) is 4.13. The highest BCUT2D eigenvalue weighted by molar-refractivity contribution is 6.10. The van der Waals surface area contributed by atoms with Gasteiger partial charge in [0.25, 0.3) is 0 Å². The van der Waals surface area contributed by atoms with Gasteiger partial charge in [-0.15, -0.1) is 0 Å². The standard InChI is InChI=1S/C24H31NO3/c1-3-5-6-7-8-12-17-25-28-21-15-16-22(23(19-21)27-18-4-2)24(26)20-13-10-9-11-14-20/h4,9-11,13-16,19,25H,2-3,5-8,12,17-18H2,1H3. The number of nitrogens with one attached hydrogen (secondary N) is 1. The predicted octanol–water partition coefficient (Wildman–Crippen LogP) is 5.73. The maximum Gasteiger partial charge on any atom is 0.196 e. The number of rotatable bonds is 14. The van der Waals surface area contributed by atoms with Crippen molar-refractivity contribution in [2.75, 3.05) is 13.2 Å². The van der Waals surface area contributed by atoms with E-state index in [2.05, 4.69) is 19.0 Å². The van der Waals surface area contributed by atoms with Crippen molar-refractivity contribution in [3.05, 3.63) is 72.3 Å². The molecule has 2 rings (SSSR count). The van der Waals surface area contributed by atoms with Crippen molar-refractivity contribution in [3.63, 3.8) is 0 Å². The van der Waals surface area contributed by atoms with Gasteiger partial charge in [0.1, 0.15) is 12.4 Å². The van der Waals surface area contributed by atoms with E-state index in [4.69, 9.17) is 9.57 Å². The molecule has 0 saturated heterocycles. The van der Waals surface area contributed by atoms with Crippen LogP contribution in [0.4, 0.5) is 0 Å². The van der Waals surface area contributed by atoms with E-state index < -0.39 is 0 Å². The van der Waals surface area contributed by atoms with Gasteiger partial charge < -0.3 is 9.57 Å². The topological polar surface area (TPSA) is 47.6 Å². The van der Waals surface area contributed by atoms with E-state index in [1.807, 2.05) is 18.2 Å². The summed E-state index contributed by atoms with van der Waals surface area (Å²) >= 11 is 0. The molecule has 28 heavy (non-hydrogen) atoms. The van der Waals surface area contributed by atoms with Crippen LogP contribution in [0.25, 0.3) is 0 Å². The van der Waals surface area contributed by atoms with Gasteiger partial charge in [0.15, 0.2) is 11.5 Å². The largest absolute Gasteiger partial charge is 0.489 e. The molecule has 0 aromatic heterocycles. The summed E-state index contributed by atoms with van der Waals surface area (Å²) in [6, 6.07) is 14.5. The van der Waals surface area contributed by atoms with Crippen molar-refractivity contribution in [2.24, 2.45) is 0 Å². The number of unbranched alkanes of at least 4 members (excludes halogenated alkanes) is 5. The number of ether oxygens (including phenoxy) is 1. The lowest BCUT2D eigenvalue weighted by molar-refractivity contribution is 0.103. The molecule has 2 aromatic rings. The summed E-state index contributed by atoms with van der Waals surface area (Å²) in [5, 5.41) is 0. The molecule has 0 fully saturated rings. The van der Waals surface area contributed by atoms with E-state index in [1.54, 1.807) is 36.4 Å². The van der Waals surface area contributed by atoms with Crippen LogP contribution in [0.15, 0.2) is 61.2 Å². The summed E-state index contributed by atoms with van der Waals surface area (Å²) in [7, 11) is 0. The molecule has 0 spiro atoms. The van der Waals surface area contributed by atoms with Crippen LogP contribution in [-0.2, 0) is 0 Å². The van der Waals surface area contributed by atoms with Crippen LogP contribution in [0.5, 0.6) is 11.5 Å². The lowest BCUT2D eigenvalue weighted by Gasteiger charge is -2.13. The zero-order valence-corrected chi connectivity index (χ0v) is 16.8. The Morgan fingerprint density at radius 3 is 2.54 bits per heavy atom. The van der Waals surface area contributed by atoms with Crippen LogP contribution < -0.4 is 15.1 Å². The zero-order chi connectivity index (χ0) is 20.0. The van der Waals surface area contributed by atoms with Gasteiger partial charge in [-0.25, -0.2) is 0 Å². The van der Waals surface area contributed by atoms with Crippen molar-refractivity contribution < 1.29 is 14.4 Å². The Bertz CT molecular complexity index is 728. The maximum absolute atomic E-state index is 12.8. The molecule has 2 aromatic carbocycles. The molecule has 1 N–H and O–H groups in total. The molecule has 0 saturated carbocycles. The predicted molar refractivity (Wildman–Crippen MR) is 114 cm³/mol. The number of ketones is 1. The van der Waals surface area contributed by atoms with Crippen molar-refractivity contribution in [3.8, 4) is 11.5 Å². The van der Waals surface area contributed by atoms with E-state index in [9.17, 15) is 4.79 Å². The van der Waals surface area contributed by atoms with Crippen molar-refractivity contribution in [1.82, 2.24) is 5.48 Å². The Labute approximate surface area is 168 Å². The third-order valence-corrected chi connectivity index (χ3v) is 4.41. The first kappa shape index (κ1) is 21.7. The molecular weight excluding hydrogens is 350 g/mol. The first-order valence-electron chi connectivity index (χ1n) is 10.1. The molecule has 0 radical (unpaired) electrons. The molecule has 150 valence electrons. The Hall–Kier alpha value is -2.59. The minimum atomic E-state index is -0.0775. The number of hydrogen-bond donors (Lipinski definition) is 1. The molecule has 0 amide bonds. The highest BCUT2D eigenvalue weighted by Crippen LogP contribution is 2.27. The number of hydrogen-bond acceptors (Lipinski definition) is 4. The van der Waals surface area contributed by atoms with Crippen molar-refractivity contribution in [2.45, 2.75) is 45.4 Å². The monoisotopic (exact) mass is 381 g/mol. The lowest BCUT2D eigenvalue weighted by atomic mass is 10.0. The van der Waals surface area contributed by atoms with Gasteiger partial charge in [-0.2, -0.15) is 5.48 Å². The molecule has 0 aliphatic heterocycles. The molecule has 4 nitrogen and oxygen atoms in total. The average Bonchev–Trinajstić information content (AvgIpc) is 2.74. The first-order valence-corrected chi connectivity index (χ1v) is 10.1. The van der Waals surface area contributed by atoms with Gasteiger partial charge in [0, 0.05) is 18.2 Å². The van der Waals surface area contributed by atoms with Crippen LogP contribution in [0.3, 0.4) is 0 Å². The first-order chi connectivity index (χ1) is 13.8. The van der Waals surface area contributed by atoms with Crippen LogP contribution in [0.2, 0.25) is 0 Å². The van der Waals surface area contributed by atoms with E-state index in [1.165, 1.54) is 32.1 Å². The minimum absolute atomic E-state index is 0.0775. The quantitative estimate of drug-likeness (QED) is 0.197. The normalized spacial score (nSPS) is 10.5. The Balaban J connectivity index is 1.93. The van der Waals surface area contributed by atoms with Gasteiger partial charge in [0.2, 0.25) is 0 Å². The molecule has 0 aliphatic rings. The fourth-order valence-electron chi connectivity index (χ4n) is 2.88. The minimum Gasteiger partial charge on any atom is -0.489 e. The number of hydroxylamine groups is 1. The van der Waals surface area contributed by atoms with Gasteiger partial charge >= 0.3 is 0 Å². The molecule has 4 heteroatoms. The maximum atomic E-state index is 12.8. The van der Waals surface area contributed by atoms with E-state index >= 15 is 0 Å². The molecule has 0 bridgehead atoms. The van der Waals surface area contributed by atoms with Crippen LogP contribution in [-0.4, -0.2) is 18.9 Å². The third-order valence-electron chi connectivity index (χ3n) is 4.41. The summed E-state index contributed by atoms with van der Waals surface area (Å²) in [6.45, 7) is 7.01. The van der Waals surface area contributed by atoms with Gasteiger partial charge in [-0.05, 0) is 18.6 Å². The number of carbonyl (C=O) groups is 1. The molecule has 0 aliphatic carbocycles. The second-order valence-electron chi connectivity index (χ2n) is 6.72. The smallest absolute Gasteiger partial charge is 0.196 e. The van der Waals surface area contributed by atoms with Crippen molar-refractivity contribution in [1.29, 1.82) is 0 Å². The molecular formula is C24H31NO3. The molecule has 0 heterocycles. The van der Waals surface area contributed by atoms with Gasteiger partial charge in [-0.3, -0.25) is 4.79 Å². The second kappa shape index (κ2) is 12.7. The molecule has 0 atom stereocenters. The Morgan fingerprint density at radius 2 is 1.79 bits per heavy atom. The van der Waals surface area contributed by atoms with Crippen LogP contribution in [0.1, 0.15) is 61.4 Å². The van der Waals surface area contributed by atoms with Crippen LogP contribution >= 0.6 is 0 Å². The summed E-state index contributed by atoms with van der Waals surface area (Å²) < 4.78 is 5.71. The Morgan fingerprint density at radius 1 is 1.04 bits per heavy atom.